The Morgan fingerprint density at radius 3 is 2.40 bits per heavy atom. The van der Waals surface area contributed by atoms with Gasteiger partial charge in [-0.05, 0) is 53.8 Å². The number of hydrogen-bond acceptors (Lipinski definition) is 7. The third-order valence-electron chi connectivity index (χ3n) is 8.25. The molecule has 4 atom stereocenters. The average Bonchev–Trinajstić information content (AvgIpc) is 3.33. The molecule has 0 bridgehead atoms. The number of nitrogens with zero attached hydrogens (tertiary/aromatic N) is 2. The molecule has 13 heteroatoms. The molecule has 1 fully saturated rings. The van der Waals surface area contributed by atoms with Gasteiger partial charge in [-0.1, -0.05) is 62.2 Å². The van der Waals surface area contributed by atoms with Crippen molar-refractivity contribution in [3.05, 3.63) is 93.0 Å². The van der Waals surface area contributed by atoms with Crippen molar-refractivity contribution in [2.45, 2.75) is 50.6 Å². The minimum Gasteiger partial charge on any atom is -0.495 e. The van der Waals surface area contributed by atoms with Crippen LogP contribution < -0.4 is 15.4 Å². The number of carbonyl (C=O) groups is 3. The Morgan fingerprint density at radius 2 is 1.79 bits per heavy atom. The number of carbonyl (C=O) groups excluding carboxylic acids is 3. The van der Waals surface area contributed by atoms with Crippen molar-refractivity contribution in [1.29, 1.82) is 5.26 Å². The number of ether oxygens (including phenoxy) is 2. The summed E-state index contributed by atoms with van der Waals surface area (Å²) >= 11 is 12.3. The summed E-state index contributed by atoms with van der Waals surface area (Å²) in [5, 5.41) is 16.9. The fourth-order valence-electron chi connectivity index (χ4n) is 6.03. The first-order valence-electron chi connectivity index (χ1n) is 15.0. The lowest BCUT2D eigenvalue weighted by Gasteiger charge is -2.37. The third kappa shape index (κ3) is 7.41. The lowest BCUT2D eigenvalue weighted by atomic mass is 9.62. The maximum Gasteiger partial charge on any atom is 0.338 e. The molecule has 254 valence electrons. The van der Waals surface area contributed by atoms with Crippen LogP contribution in [0.5, 0.6) is 5.75 Å². The van der Waals surface area contributed by atoms with E-state index in [-0.39, 0.29) is 38.2 Å². The molecular formula is C35H36Cl2F2N4O5. The van der Waals surface area contributed by atoms with Crippen LogP contribution in [0.4, 0.5) is 14.5 Å². The molecule has 0 aliphatic carbocycles. The zero-order valence-corrected chi connectivity index (χ0v) is 28.8. The number of anilines is 1. The highest BCUT2D eigenvalue weighted by molar-refractivity contribution is 6.31. The van der Waals surface area contributed by atoms with Crippen LogP contribution in [0.2, 0.25) is 10.0 Å². The van der Waals surface area contributed by atoms with E-state index in [0.717, 1.165) is 6.07 Å². The number of benzene rings is 3. The maximum atomic E-state index is 15.9. The monoisotopic (exact) mass is 700 g/mol. The van der Waals surface area contributed by atoms with Crippen molar-refractivity contribution in [2.75, 3.05) is 33.1 Å². The molecule has 3 aromatic rings. The number of nitrogens with one attached hydrogen (secondary N) is 2. The highest BCUT2D eigenvalue weighted by Crippen LogP contribution is 2.53. The van der Waals surface area contributed by atoms with Crippen LogP contribution in [0, 0.1) is 28.4 Å². The largest absolute Gasteiger partial charge is 0.495 e. The number of halogens is 4. The molecule has 9 nitrogen and oxygen atoms in total. The van der Waals surface area contributed by atoms with Crippen molar-refractivity contribution in [3.8, 4) is 11.8 Å². The summed E-state index contributed by atoms with van der Waals surface area (Å²) in [5.41, 5.74) is -2.13. The smallest absolute Gasteiger partial charge is 0.338 e. The van der Waals surface area contributed by atoms with Crippen molar-refractivity contribution in [2.24, 2.45) is 5.41 Å². The molecule has 1 heterocycles. The molecule has 1 aliphatic heterocycles. The van der Waals surface area contributed by atoms with Crippen molar-refractivity contribution in [3.63, 3.8) is 0 Å². The van der Waals surface area contributed by atoms with E-state index in [1.165, 1.54) is 74.6 Å². The first-order valence-corrected chi connectivity index (χ1v) is 15.7. The Balaban J connectivity index is 1.81. The Kier molecular flexibility index (Phi) is 11.0. The van der Waals surface area contributed by atoms with Gasteiger partial charge in [-0.3, -0.25) is 9.59 Å². The summed E-state index contributed by atoms with van der Waals surface area (Å²) in [6.07, 6.45) is 0.293. The quantitative estimate of drug-likeness (QED) is 0.245. The number of amides is 2. The zero-order valence-electron chi connectivity index (χ0n) is 27.3. The average molecular weight is 702 g/mol. The van der Waals surface area contributed by atoms with E-state index in [0.29, 0.717) is 6.42 Å². The first-order chi connectivity index (χ1) is 22.5. The van der Waals surface area contributed by atoms with E-state index < -0.39 is 64.9 Å². The normalized spacial score (nSPS) is 20.5. The fraction of sp³-hybridized carbons (Fsp3) is 0.371. The molecule has 3 aromatic carbocycles. The first kappa shape index (κ1) is 36.6. The molecule has 48 heavy (non-hydrogen) atoms. The van der Waals surface area contributed by atoms with Crippen molar-refractivity contribution < 1.29 is 32.6 Å². The van der Waals surface area contributed by atoms with E-state index in [2.05, 4.69) is 16.7 Å². The Hall–Kier alpha value is -4.24. The second-order valence-corrected chi connectivity index (χ2v) is 13.8. The summed E-state index contributed by atoms with van der Waals surface area (Å²) in [4.78, 5) is 40.0. The van der Waals surface area contributed by atoms with Gasteiger partial charge < -0.3 is 25.0 Å². The second-order valence-electron chi connectivity index (χ2n) is 13.0. The third-order valence-corrected chi connectivity index (χ3v) is 8.78. The van der Waals surface area contributed by atoms with Crippen molar-refractivity contribution in [1.82, 2.24) is 10.2 Å². The molecule has 1 saturated heterocycles. The standard InChI is InChI=1S/C35H36Cl2F2N4O5/c1-34(2,3)16-27-35(18-40,22-12-11-20(36)15-24(22)38)29(21-8-7-9-23(37)30(21)39)31(42-27)32(45)41-25-13-10-19(14-26(25)47-6)33(46)48-17-28(44)43(4)5/h7-15,27,29,31,42H,16-17H2,1-6H3,(H,41,45). The minimum atomic E-state index is -1.81. The van der Waals surface area contributed by atoms with Gasteiger partial charge in [-0.15, -0.1) is 0 Å². The fourth-order valence-corrected chi connectivity index (χ4v) is 6.37. The molecular weight excluding hydrogens is 665 g/mol. The molecule has 0 spiro atoms. The van der Waals surface area contributed by atoms with Gasteiger partial charge in [-0.25, -0.2) is 13.6 Å². The van der Waals surface area contributed by atoms with Gasteiger partial charge >= 0.3 is 5.97 Å². The number of methoxy groups -OCH3 is 1. The molecule has 0 radical (unpaired) electrons. The lowest BCUT2D eigenvalue weighted by molar-refractivity contribution is -0.132. The van der Waals surface area contributed by atoms with Crippen LogP contribution in [-0.4, -0.2) is 62.6 Å². The minimum absolute atomic E-state index is 0.0518. The molecule has 2 amide bonds. The molecule has 0 saturated carbocycles. The van der Waals surface area contributed by atoms with Gasteiger partial charge in [0, 0.05) is 36.6 Å². The molecule has 4 unspecified atom stereocenters. The van der Waals surface area contributed by atoms with Gasteiger partial charge in [0.1, 0.15) is 22.8 Å². The van der Waals surface area contributed by atoms with Crippen LogP contribution in [-0.2, 0) is 19.7 Å². The highest BCUT2D eigenvalue weighted by atomic mass is 35.5. The van der Waals surface area contributed by atoms with Gasteiger partial charge in [0.05, 0.1) is 35.5 Å². The Morgan fingerprint density at radius 1 is 1.08 bits per heavy atom. The molecule has 1 aliphatic rings. The number of likely N-dealkylation sites (N-methyl/N-ethyl adjacent to an activating group) is 1. The highest BCUT2D eigenvalue weighted by Gasteiger charge is 2.61. The van der Waals surface area contributed by atoms with E-state index in [4.69, 9.17) is 32.7 Å². The van der Waals surface area contributed by atoms with Gasteiger partial charge in [0.15, 0.2) is 6.61 Å². The topological polar surface area (TPSA) is 121 Å². The van der Waals surface area contributed by atoms with Crippen LogP contribution in [0.15, 0.2) is 54.6 Å². The zero-order chi connectivity index (χ0) is 35.6. The van der Waals surface area contributed by atoms with Crippen LogP contribution >= 0.6 is 23.2 Å². The lowest BCUT2D eigenvalue weighted by Crippen LogP contribution is -2.45. The summed E-state index contributed by atoms with van der Waals surface area (Å²) in [6.45, 7) is 5.34. The Bertz CT molecular complexity index is 1770. The summed E-state index contributed by atoms with van der Waals surface area (Å²) in [6, 6.07) is 12.5. The SMILES string of the molecule is COc1cc(C(=O)OCC(=O)N(C)C)ccc1NC(=O)C1NC(CC(C)(C)C)C(C#N)(c2ccc(Cl)cc2F)C1c1cccc(Cl)c1F. The number of esters is 1. The van der Waals surface area contributed by atoms with Gasteiger partial charge in [-0.2, -0.15) is 5.26 Å². The summed E-state index contributed by atoms with van der Waals surface area (Å²) in [7, 11) is 4.38. The predicted octanol–water partition coefficient (Wildman–Crippen LogP) is 6.49. The van der Waals surface area contributed by atoms with Crippen LogP contribution in [0.3, 0.4) is 0 Å². The van der Waals surface area contributed by atoms with E-state index >= 15 is 8.78 Å². The summed E-state index contributed by atoms with van der Waals surface area (Å²) < 4.78 is 42.3. The van der Waals surface area contributed by atoms with E-state index in [9.17, 15) is 19.6 Å². The predicted molar refractivity (Wildman–Crippen MR) is 178 cm³/mol. The van der Waals surface area contributed by atoms with Crippen LogP contribution in [0.25, 0.3) is 0 Å². The molecule has 0 aromatic heterocycles. The number of rotatable bonds is 9. The van der Waals surface area contributed by atoms with E-state index in [1.54, 1.807) is 0 Å². The maximum absolute atomic E-state index is 15.9. The molecule has 2 N–H and O–H groups in total. The number of hydrogen-bond donors (Lipinski definition) is 2. The van der Waals surface area contributed by atoms with Gasteiger partial charge in [0.2, 0.25) is 5.91 Å². The summed E-state index contributed by atoms with van der Waals surface area (Å²) in [5.74, 6) is -4.71. The van der Waals surface area contributed by atoms with Crippen LogP contribution in [0.1, 0.15) is 54.6 Å². The van der Waals surface area contributed by atoms with Gasteiger partial charge in [0.25, 0.3) is 5.91 Å². The second kappa shape index (κ2) is 14.5. The Labute approximate surface area is 288 Å². The molecule has 4 rings (SSSR count). The van der Waals surface area contributed by atoms with E-state index in [1.807, 2.05) is 20.8 Å². The number of nitriles is 1. The van der Waals surface area contributed by atoms with Crippen molar-refractivity contribution >= 4 is 46.7 Å².